The highest BCUT2D eigenvalue weighted by atomic mass is 79.9. The van der Waals surface area contributed by atoms with Crippen molar-refractivity contribution in [3.63, 3.8) is 0 Å². The average molecular weight is 496 g/mol. The molecule has 0 aliphatic carbocycles. The lowest BCUT2D eigenvalue weighted by atomic mass is 10.1. The standard InChI is InChI=1S/C17H17BrF3N3O4S/c18-13-4-6-14(7-5-13)29(27,28)23-10-2-1-9-22-15-8-3-12(17(19,20)21)11-16(15)24(25)26/h3-8,11,22-23H,1-2,9-10H2. The molecule has 2 N–H and O–H groups in total. The fourth-order valence-corrected chi connectivity index (χ4v) is 3.72. The lowest BCUT2D eigenvalue weighted by Gasteiger charge is -2.11. The Morgan fingerprint density at radius 3 is 2.24 bits per heavy atom. The maximum atomic E-state index is 12.7. The van der Waals surface area contributed by atoms with Crippen LogP contribution in [-0.4, -0.2) is 26.4 Å². The van der Waals surface area contributed by atoms with E-state index in [4.69, 9.17) is 0 Å². The second-order valence-electron chi connectivity index (χ2n) is 5.97. The van der Waals surface area contributed by atoms with Crippen molar-refractivity contribution in [1.29, 1.82) is 0 Å². The van der Waals surface area contributed by atoms with Gasteiger partial charge in [-0.3, -0.25) is 10.1 Å². The molecule has 2 aromatic rings. The Kier molecular flexibility index (Phi) is 7.60. The normalized spacial score (nSPS) is 12.0. The predicted octanol–water partition coefficient (Wildman–Crippen LogP) is 4.55. The Balaban J connectivity index is 1.85. The van der Waals surface area contributed by atoms with Crippen molar-refractivity contribution in [2.24, 2.45) is 0 Å². The zero-order valence-corrected chi connectivity index (χ0v) is 17.3. The third-order valence-electron chi connectivity index (χ3n) is 3.86. The summed E-state index contributed by atoms with van der Waals surface area (Å²) in [6.07, 6.45) is -3.80. The highest BCUT2D eigenvalue weighted by molar-refractivity contribution is 9.10. The molecule has 0 spiro atoms. The van der Waals surface area contributed by atoms with E-state index in [1.807, 2.05) is 0 Å². The molecule has 0 aliphatic rings. The smallest absolute Gasteiger partial charge is 0.379 e. The Labute approximate surface area is 173 Å². The molecule has 0 aromatic heterocycles. The van der Waals surface area contributed by atoms with Crippen LogP contribution in [0.3, 0.4) is 0 Å². The first kappa shape index (κ1) is 23.1. The predicted molar refractivity (Wildman–Crippen MR) is 105 cm³/mol. The van der Waals surface area contributed by atoms with E-state index >= 15 is 0 Å². The molecule has 0 saturated carbocycles. The van der Waals surface area contributed by atoms with Crippen molar-refractivity contribution in [1.82, 2.24) is 4.72 Å². The summed E-state index contributed by atoms with van der Waals surface area (Å²) in [4.78, 5) is 10.3. The summed E-state index contributed by atoms with van der Waals surface area (Å²) >= 11 is 3.22. The van der Waals surface area contributed by atoms with Crippen LogP contribution in [0.1, 0.15) is 18.4 Å². The highest BCUT2D eigenvalue weighted by Crippen LogP contribution is 2.34. The number of hydrogen-bond acceptors (Lipinski definition) is 5. The molecule has 0 amide bonds. The van der Waals surface area contributed by atoms with Crippen LogP contribution in [0.5, 0.6) is 0 Å². The molecular weight excluding hydrogens is 479 g/mol. The van der Waals surface area contributed by atoms with E-state index in [0.717, 1.165) is 16.6 Å². The van der Waals surface area contributed by atoms with E-state index in [0.29, 0.717) is 18.9 Å². The van der Waals surface area contributed by atoms with Gasteiger partial charge in [0.1, 0.15) is 5.69 Å². The molecule has 0 fully saturated rings. The van der Waals surface area contributed by atoms with Crippen LogP contribution >= 0.6 is 15.9 Å². The first-order chi connectivity index (χ1) is 13.5. The Morgan fingerprint density at radius 1 is 1.03 bits per heavy atom. The van der Waals surface area contributed by atoms with Crippen LogP contribution in [0.25, 0.3) is 0 Å². The number of hydrogen-bond donors (Lipinski definition) is 2. The van der Waals surface area contributed by atoms with Crippen LogP contribution in [0.15, 0.2) is 51.8 Å². The summed E-state index contributed by atoms with van der Waals surface area (Å²) < 4.78 is 65.5. The fraction of sp³-hybridized carbons (Fsp3) is 0.294. The first-order valence-corrected chi connectivity index (χ1v) is 10.6. The van der Waals surface area contributed by atoms with Crippen molar-refractivity contribution in [3.05, 3.63) is 62.6 Å². The van der Waals surface area contributed by atoms with Crippen LogP contribution in [0.2, 0.25) is 0 Å². The molecule has 158 valence electrons. The molecule has 12 heteroatoms. The zero-order valence-electron chi connectivity index (χ0n) is 14.9. The third-order valence-corrected chi connectivity index (χ3v) is 5.86. The summed E-state index contributed by atoms with van der Waals surface area (Å²) in [6, 6.07) is 8.38. The molecular formula is C17H17BrF3N3O4S. The minimum absolute atomic E-state index is 0.0292. The number of benzene rings is 2. The summed E-state index contributed by atoms with van der Waals surface area (Å²) in [5.41, 5.74) is -1.80. The largest absolute Gasteiger partial charge is 0.416 e. The number of nitro groups is 1. The van der Waals surface area contributed by atoms with Crippen LogP contribution < -0.4 is 10.0 Å². The number of unbranched alkanes of at least 4 members (excludes halogenated alkanes) is 1. The maximum Gasteiger partial charge on any atom is 0.416 e. The molecule has 7 nitrogen and oxygen atoms in total. The van der Waals surface area contributed by atoms with E-state index in [9.17, 15) is 31.7 Å². The van der Waals surface area contributed by atoms with E-state index in [1.54, 1.807) is 12.1 Å². The minimum atomic E-state index is -4.67. The van der Waals surface area contributed by atoms with Gasteiger partial charge in [-0.25, -0.2) is 13.1 Å². The molecule has 0 bridgehead atoms. The van der Waals surface area contributed by atoms with Gasteiger partial charge in [0.25, 0.3) is 5.69 Å². The van der Waals surface area contributed by atoms with Gasteiger partial charge in [0.05, 0.1) is 15.4 Å². The maximum absolute atomic E-state index is 12.7. The first-order valence-electron chi connectivity index (χ1n) is 8.35. The van der Waals surface area contributed by atoms with Crippen LogP contribution in [-0.2, 0) is 16.2 Å². The summed E-state index contributed by atoms with van der Waals surface area (Å²) in [7, 11) is -3.64. The second-order valence-corrected chi connectivity index (χ2v) is 8.66. The van der Waals surface area contributed by atoms with Gasteiger partial charge in [-0.2, -0.15) is 13.2 Å². The Hall–Kier alpha value is -2.18. The SMILES string of the molecule is O=[N+]([O-])c1cc(C(F)(F)F)ccc1NCCCCNS(=O)(=O)c1ccc(Br)cc1. The van der Waals surface area contributed by atoms with E-state index in [1.165, 1.54) is 12.1 Å². The van der Waals surface area contributed by atoms with Gasteiger partial charge in [0, 0.05) is 23.6 Å². The number of nitrogens with one attached hydrogen (secondary N) is 2. The molecule has 0 saturated heterocycles. The van der Waals surface area contributed by atoms with Gasteiger partial charge in [-0.05, 0) is 49.2 Å². The molecule has 2 rings (SSSR count). The van der Waals surface area contributed by atoms with E-state index < -0.39 is 32.4 Å². The number of alkyl halides is 3. The number of halogens is 4. The topological polar surface area (TPSA) is 101 Å². The number of nitro benzene ring substituents is 1. The van der Waals surface area contributed by atoms with Crippen molar-refractivity contribution < 1.29 is 26.5 Å². The molecule has 0 heterocycles. The number of rotatable bonds is 9. The van der Waals surface area contributed by atoms with Crippen molar-refractivity contribution in [2.75, 3.05) is 18.4 Å². The number of nitrogens with zero attached hydrogens (tertiary/aromatic N) is 1. The third kappa shape index (κ3) is 6.68. The van der Waals surface area contributed by atoms with Gasteiger partial charge in [0.2, 0.25) is 10.0 Å². The molecule has 0 unspecified atom stereocenters. The van der Waals surface area contributed by atoms with Gasteiger partial charge in [-0.15, -0.1) is 0 Å². The molecule has 29 heavy (non-hydrogen) atoms. The average Bonchev–Trinajstić information content (AvgIpc) is 2.64. The molecule has 0 radical (unpaired) electrons. The fourth-order valence-electron chi connectivity index (χ4n) is 2.39. The van der Waals surface area contributed by atoms with E-state index in [-0.39, 0.29) is 23.7 Å². The highest BCUT2D eigenvalue weighted by Gasteiger charge is 2.32. The van der Waals surface area contributed by atoms with Crippen molar-refractivity contribution in [2.45, 2.75) is 23.9 Å². The zero-order chi connectivity index (χ0) is 21.7. The van der Waals surface area contributed by atoms with Crippen molar-refractivity contribution >= 4 is 37.3 Å². The molecule has 2 aromatic carbocycles. The van der Waals surface area contributed by atoms with Gasteiger partial charge in [-0.1, -0.05) is 15.9 Å². The molecule has 0 aliphatic heterocycles. The second kappa shape index (κ2) is 9.55. The van der Waals surface area contributed by atoms with Gasteiger partial charge >= 0.3 is 6.18 Å². The molecule has 0 atom stereocenters. The summed E-state index contributed by atoms with van der Waals surface area (Å²) in [5.74, 6) is 0. The van der Waals surface area contributed by atoms with Gasteiger partial charge in [0.15, 0.2) is 0 Å². The van der Waals surface area contributed by atoms with Crippen molar-refractivity contribution in [3.8, 4) is 0 Å². The lowest BCUT2D eigenvalue weighted by Crippen LogP contribution is -2.25. The summed E-state index contributed by atoms with van der Waals surface area (Å²) in [6.45, 7) is 0.376. The van der Waals surface area contributed by atoms with Crippen LogP contribution in [0.4, 0.5) is 24.5 Å². The quantitative estimate of drug-likeness (QED) is 0.302. The van der Waals surface area contributed by atoms with E-state index in [2.05, 4.69) is 26.0 Å². The number of anilines is 1. The number of sulfonamides is 1. The minimum Gasteiger partial charge on any atom is -0.379 e. The van der Waals surface area contributed by atoms with Crippen LogP contribution in [0, 0.1) is 10.1 Å². The summed E-state index contributed by atoms with van der Waals surface area (Å²) in [5, 5.41) is 13.7. The Bertz CT molecular complexity index is 967. The van der Waals surface area contributed by atoms with Gasteiger partial charge < -0.3 is 5.32 Å². The monoisotopic (exact) mass is 495 g/mol. The lowest BCUT2D eigenvalue weighted by molar-refractivity contribution is -0.384. The Morgan fingerprint density at radius 2 is 1.66 bits per heavy atom.